The molecule has 1 aliphatic carbocycles. The lowest BCUT2D eigenvalue weighted by molar-refractivity contribution is 0.0978. The van der Waals surface area contributed by atoms with E-state index in [0.717, 1.165) is 0 Å². The van der Waals surface area contributed by atoms with Gasteiger partial charge in [-0.15, -0.1) is 0 Å². The highest BCUT2D eigenvalue weighted by atomic mass is 35.5. The van der Waals surface area contributed by atoms with E-state index in [1.165, 1.54) is 31.0 Å². The Hall–Kier alpha value is -0.930. The summed E-state index contributed by atoms with van der Waals surface area (Å²) < 4.78 is 13.4. The highest BCUT2D eigenvalue weighted by molar-refractivity contribution is 6.30. The second-order valence-electron chi connectivity index (χ2n) is 4.03. The van der Waals surface area contributed by atoms with Crippen molar-refractivity contribution < 1.29 is 9.18 Å². The minimum atomic E-state index is -0.538. The van der Waals surface area contributed by atoms with Gasteiger partial charge in [0, 0.05) is 24.0 Å². The lowest BCUT2D eigenvalue weighted by Crippen LogP contribution is -2.20. The van der Waals surface area contributed by atoms with Gasteiger partial charge < -0.3 is 5.32 Å². The Kier molecular flexibility index (Phi) is 3.56. The normalized spacial score (nSPS) is 15.1. The molecule has 1 fully saturated rings. The maximum atomic E-state index is 13.4. The van der Waals surface area contributed by atoms with Gasteiger partial charge in [0.1, 0.15) is 5.82 Å². The van der Waals surface area contributed by atoms with Crippen LogP contribution in [-0.2, 0) is 0 Å². The quantitative estimate of drug-likeness (QED) is 0.804. The Labute approximate surface area is 98.8 Å². The molecule has 0 unspecified atom stereocenters. The van der Waals surface area contributed by atoms with Crippen LogP contribution in [0.4, 0.5) is 4.39 Å². The van der Waals surface area contributed by atoms with Gasteiger partial charge in [0.15, 0.2) is 5.78 Å². The summed E-state index contributed by atoms with van der Waals surface area (Å²) in [7, 11) is 0. The molecule has 0 amide bonds. The molecule has 2 rings (SSSR count). The Morgan fingerprint density at radius 1 is 1.50 bits per heavy atom. The molecule has 86 valence electrons. The molecule has 0 atom stereocenters. The summed E-state index contributed by atoms with van der Waals surface area (Å²) in [5.41, 5.74) is 0.127. The molecule has 0 bridgehead atoms. The molecule has 1 aromatic carbocycles. The third-order valence-electron chi connectivity index (χ3n) is 2.59. The first kappa shape index (κ1) is 11.6. The van der Waals surface area contributed by atoms with Crippen LogP contribution in [0, 0.1) is 5.82 Å². The highest BCUT2D eigenvalue weighted by Crippen LogP contribution is 2.19. The average molecular weight is 242 g/mol. The van der Waals surface area contributed by atoms with Crippen LogP contribution in [0.1, 0.15) is 29.6 Å². The molecule has 0 radical (unpaired) electrons. The van der Waals surface area contributed by atoms with Gasteiger partial charge in [-0.25, -0.2) is 4.39 Å². The molecule has 1 aliphatic rings. The molecule has 16 heavy (non-hydrogen) atoms. The molecule has 1 saturated carbocycles. The molecule has 0 aromatic heterocycles. The predicted octanol–water partition coefficient (Wildman–Crippen LogP) is 2.80. The summed E-state index contributed by atoms with van der Waals surface area (Å²) in [6.07, 6.45) is 2.70. The molecule has 1 aromatic rings. The van der Waals surface area contributed by atoms with Crippen molar-refractivity contribution in [1.29, 1.82) is 0 Å². The first-order valence-corrected chi connectivity index (χ1v) is 5.76. The van der Waals surface area contributed by atoms with Crippen molar-refractivity contribution in [2.75, 3.05) is 6.54 Å². The number of benzene rings is 1. The first-order chi connectivity index (χ1) is 7.66. The van der Waals surface area contributed by atoms with Gasteiger partial charge in [-0.2, -0.15) is 0 Å². The van der Waals surface area contributed by atoms with E-state index in [0.29, 0.717) is 24.0 Å². The fourth-order valence-electron chi connectivity index (χ4n) is 1.53. The van der Waals surface area contributed by atoms with E-state index in [-0.39, 0.29) is 11.3 Å². The Bertz CT molecular complexity index is 404. The lowest BCUT2D eigenvalue weighted by atomic mass is 10.1. The van der Waals surface area contributed by atoms with Crippen molar-refractivity contribution in [2.24, 2.45) is 0 Å². The van der Waals surface area contributed by atoms with Crippen molar-refractivity contribution in [1.82, 2.24) is 5.32 Å². The van der Waals surface area contributed by atoms with Crippen LogP contribution in [0.25, 0.3) is 0 Å². The first-order valence-electron chi connectivity index (χ1n) is 5.38. The zero-order chi connectivity index (χ0) is 11.5. The maximum Gasteiger partial charge on any atom is 0.167 e. The van der Waals surface area contributed by atoms with Crippen molar-refractivity contribution in [3.05, 3.63) is 34.6 Å². The van der Waals surface area contributed by atoms with Gasteiger partial charge in [-0.3, -0.25) is 4.79 Å². The minimum absolute atomic E-state index is 0.127. The zero-order valence-corrected chi connectivity index (χ0v) is 9.56. The number of nitrogens with one attached hydrogen (secondary N) is 1. The van der Waals surface area contributed by atoms with Crippen LogP contribution >= 0.6 is 11.6 Å². The maximum absolute atomic E-state index is 13.4. The summed E-state index contributed by atoms with van der Waals surface area (Å²) in [4.78, 5) is 11.7. The molecule has 0 spiro atoms. The smallest absolute Gasteiger partial charge is 0.167 e. The molecular weight excluding hydrogens is 229 g/mol. The summed E-state index contributed by atoms with van der Waals surface area (Å²) in [5, 5.41) is 3.53. The number of carbonyl (C=O) groups excluding carboxylic acids is 1. The van der Waals surface area contributed by atoms with E-state index in [2.05, 4.69) is 5.32 Å². The second kappa shape index (κ2) is 4.93. The summed E-state index contributed by atoms with van der Waals surface area (Å²) in [5.74, 6) is -0.716. The molecule has 0 saturated heterocycles. The van der Waals surface area contributed by atoms with Gasteiger partial charge in [-0.1, -0.05) is 11.6 Å². The SMILES string of the molecule is O=C(CCNC1CC1)c1ccc(Cl)cc1F. The minimum Gasteiger partial charge on any atom is -0.314 e. The molecule has 1 N–H and O–H groups in total. The van der Waals surface area contributed by atoms with Crippen LogP contribution in [0.2, 0.25) is 5.02 Å². The number of halogens is 2. The Morgan fingerprint density at radius 3 is 2.88 bits per heavy atom. The van der Waals surface area contributed by atoms with Crippen molar-refractivity contribution in [2.45, 2.75) is 25.3 Å². The highest BCUT2D eigenvalue weighted by Gasteiger charge is 2.20. The molecular formula is C12H13ClFNO. The summed E-state index contributed by atoms with van der Waals surface area (Å²) >= 11 is 5.61. The Balaban J connectivity index is 1.91. The number of carbonyl (C=O) groups is 1. The summed E-state index contributed by atoms with van der Waals surface area (Å²) in [6, 6.07) is 4.72. The van der Waals surface area contributed by atoms with Crippen molar-refractivity contribution >= 4 is 17.4 Å². The van der Waals surface area contributed by atoms with E-state index >= 15 is 0 Å². The number of hydrogen-bond donors (Lipinski definition) is 1. The average Bonchev–Trinajstić information content (AvgIpc) is 3.01. The van der Waals surface area contributed by atoms with E-state index in [9.17, 15) is 9.18 Å². The van der Waals surface area contributed by atoms with Gasteiger partial charge in [-0.05, 0) is 31.0 Å². The molecule has 4 heteroatoms. The molecule has 0 aliphatic heterocycles. The third-order valence-corrected chi connectivity index (χ3v) is 2.83. The van der Waals surface area contributed by atoms with Crippen molar-refractivity contribution in [3.8, 4) is 0 Å². The van der Waals surface area contributed by atoms with Crippen LogP contribution in [0.15, 0.2) is 18.2 Å². The van der Waals surface area contributed by atoms with Gasteiger partial charge in [0.05, 0.1) is 5.56 Å². The van der Waals surface area contributed by atoms with Crippen LogP contribution < -0.4 is 5.32 Å². The van der Waals surface area contributed by atoms with Crippen LogP contribution in [0.3, 0.4) is 0 Å². The van der Waals surface area contributed by atoms with Gasteiger partial charge in [0.2, 0.25) is 0 Å². The number of Topliss-reactive ketones (excluding diaryl/α,β-unsaturated/α-hetero) is 1. The zero-order valence-electron chi connectivity index (χ0n) is 8.80. The molecule has 0 heterocycles. The van der Waals surface area contributed by atoms with E-state index in [1.807, 2.05) is 0 Å². The fraction of sp³-hybridized carbons (Fsp3) is 0.417. The van der Waals surface area contributed by atoms with E-state index < -0.39 is 5.82 Å². The van der Waals surface area contributed by atoms with E-state index in [1.54, 1.807) is 0 Å². The van der Waals surface area contributed by atoms with Crippen LogP contribution in [-0.4, -0.2) is 18.4 Å². The fourth-order valence-corrected chi connectivity index (χ4v) is 1.69. The number of hydrogen-bond acceptors (Lipinski definition) is 2. The number of rotatable bonds is 5. The monoisotopic (exact) mass is 241 g/mol. The van der Waals surface area contributed by atoms with Crippen LogP contribution in [0.5, 0.6) is 0 Å². The predicted molar refractivity (Wildman–Crippen MR) is 61.4 cm³/mol. The molecule has 2 nitrogen and oxygen atoms in total. The number of ketones is 1. The second-order valence-corrected chi connectivity index (χ2v) is 4.46. The van der Waals surface area contributed by atoms with E-state index in [4.69, 9.17) is 11.6 Å². The van der Waals surface area contributed by atoms with Gasteiger partial charge >= 0.3 is 0 Å². The van der Waals surface area contributed by atoms with Crippen molar-refractivity contribution in [3.63, 3.8) is 0 Å². The standard InChI is InChI=1S/C12H13ClFNO/c13-8-1-4-10(11(14)7-8)12(16)5-6-15-9-2-3-9/h1,4,7,9,15H,2-3,5-6H2. The Morgan fingerprint density at radius 2 is 2.25 bits per heavy atom. The third kappa shape index (κ3) is 3.03. The largest absolute Gasteiger partial charge is 0.314 e. The lowest BCUT2D eigenvalue weighted by Gasteiger charge is -2.04. The topological polar surface area (TPSA) is 29.1 Å². The van der Waals surface area contributed by atoms with Gasteiger partial charge in [0.25, 0.3) is 0 Å². The summed E-state index contributed by atoms with van der Waals surface area (Å²) in [6.45, 7) is 0.617.